The number of methoxy groups -OCH3 is 1. The van der Waals surface area contributed by atoms with Gasteiger partial charge >= 0.3 is 0 Å². The highest BCUT2D eigenvalue weighted by Gasteiger charge is 2.17. The van der Waals surface area contributed by atoms with Crippen molar-refractivity contribution in [2.45, 2.75) is 0 Å². The number of nitrogens with zero attached hydrogens (tertiary/aromatic N) is 1. The smallest absolute Gasteiger partial charge is 0.227 e. The molecule has 0 fully saturated rings. The molecule has 3 heteroatoms. The normalized spacial score (nSPS) is 10.6. The molecule has 1 aromatic heterocycles. The molecule has 0 bridgehead atoms. The van der Waals surface area contributed by atoms with E-state index in [0.717, 1.165) is 33.9 Å². The lowest BCUT2D eigenvalue weighted by Crippen LogP contribution is -1.84. The fourth-order valence-electron chi connectivity index (χ4n) is 2.75. The van der Waals surface area contributed by atoms with Crippen LogP contribution in [0, 0.1) is 0 Å². The predicted molar refractivity (Wildman–Crippen MR) is 99.4 cm³/mol. The lowest BCUT2D eigenvalue weighted by molar-refractivity contribution is 0.415. The van der Waals surface area contributed by atoms with Gasteiger partial charge in [0.05, 0.1) is 7.11 Å². The van der Waals surface area contributed by atoms with Crippen molar-refractivity contribution in [3.05, 3.63) is 84.9 Å². The van der Waals surface area contributed by atoms with Crippen LogP contribution in [0.4, 0.5) is 0 Å². The Hall–Kier alpha value is -3.33. The Kier molecular flexibility index (Phi) is 4.05. The molecule has 0 saturated heterocycles. The van der Waals surface area contributed by atoms with E-state index in [-0.39, 0.29) is 0 Å². The zero-order valence-electron chi connectivity index (χ0n) is 13.8. The van der Waals surface area contributed by atoms with Gasteiger partial charge in [-0.2, -0.15) is 0 Å². The van der Waals surface area contributed by atoms with Gasteiger partial charge in [-0.05, 0) is 36.4 Å². The van der Waals surface area contributed by atoms with Crippen LogP contribution in [0.15, 0.2) is 89.3 Å². The standard InChI is InChI=1S/C22H17NO2/c1-24-19-14-12-17(13-15-19)21-20(16-8-4-2-5-9-16)23-22(25-21)18-10-6-3-7-11-18/h2-15H,1H3. The predicted octanol–water partition coefficient (Wildman–Crippen LogP) is 5.68. The minimum Gasteiger partial charge on any atom is -0.497 e. The van der Waals surface area contributed by atoms with Crippen LogP contribution >= 0.6 is 0 Å². The summed E-state index contributed by atoms with van der Waals surface area (Å²) in [6.07, 6.45) is 0. The van der Waals surface area contributed by atoms with E-state index in [1.54, 1.807) is 7.11 Å². The number of ether oxygens (including phenoxy) is 1. The number of oxazole rings is 1. The largest absolute Gasteiger partial charge is 0.497 e. The summed E-state index contributed by atoms with van der Waals surface area (Å²) >= 11 is 0. The zero-order chi connectivity index (χ0) is 17.1. The summed E-state index contributed by atoms with van der Waals surface area (Å²) < 4.78 is 11.4. The summed E-state index contributed by atoms with van der Waals surface area (Å²) in [6, 6.07) is 27.8. The van der Waals surface area contributed by atoms with Gasteiger partial charge in [-0.15, -0.1) is 0 Å². The molecule has 0 aliphatic carbocycles. The van der Waals surface area contributed by atoms with Crippen molar-refractivity contribution in [3.8, 4) is 39.8 Å². The second-order valence-corrected chi connectivity index (χ2v) is 5.66. The molecule has 0 spiro atoms. The second kappa shape index (κ2) is 6.65. The number of hydrogen-bond acceptors (Lipinski definition) is 3. The highest BCUT2D eigenvalue weighted by molar-refractivity contribution is 5.79. The third-order valence-electron chi connectivity index (χ3n) is 4.05. The van der Waals surface area contributed by atoms with Gasteiger partial charge in [-0.1, -0.05) is 48.5 Å². The van der Waals surface area contributed by atoms with Crippen LogP contribution in [0.3, 0.4) is 0 Å². The molecule has 25 heavy (non-hydrogen) atoms. The molecule has 4 aromatic rings. The minimum atomic E-state index is 0.616. The molecular weight excluding hydrogens is 310 g/mol. The monoisotopic (exact) mass is 327 g/mol. The van der Waals surface area contributed by atoms with E-state index in [2.05, 4.69) is 0 Å². The van der Waals surface area contributed by atoms with Crippen molar-refractivity contribution in [2.24, 2.45) is 0 Å². The van der Waals surface area contributed by atoms with Gasteiger partial charge in [0, 0.05) is 16.7 Å². The number of benzene rings is 3. The first-order valence-corrected chi connectivity index (χ1v) is 8.11. The van der Waals surface area contributed by atoms with Crippen LogP contribution in [-0.4, -0.2) is 12.1 Å². The molecule has 3 nitrogen and oxygen atoms in total. The molecule has 0 aliphatic rings. The summed E-state index contributed by atoms with van der Waals surface area (Å²) in [5.74, 6) is 2.19. The van der Waals surface area contributed by atoms with Crippen molar-refractivity contribution in [2.75, 3.05) is 7.11 Å². The third kappa shape index (κ3) is 3.04. The van der Waals surface area contributed by atoms with Crippen molar-refractivity contribution in [1.82, 2.24) is 4.98 Å². The van der Waals surface area contributed by atoms with E-state index in [0.29, 0.717) is 5.89 Å². The number of hydrogen-bond donors (Lipinski definition) is 0. The van der Waals surface area contributed by atoms with E-state index in [1.807, 2.05) is 84.9 Å². The maximum Gasteiger partial charge on any atom is 0.227 e. The topological polar surface area (TPSA) is 35.3 Å². The first-order chi connectivity index (χ1) is 12.3. The van der Waals surface area contributed by atoms with Gasteiger partial charge in [0.2, 0.25) is 5.89 Å². The molecule has 0 radical (unpaired) electrons. The van der Waals surface area contributed by atoms with Crippen molar-refractivity contribution in [1.29, 1.82) is 0 Å². The van der Waals surface area contributed by atoms with E-state index in [1.165, 1.54) is 0 Å². The molecule has 0 N–H and O–H groups in total. The molecule has 0 saturated carbocycles. The molecule has 1 heterocycles. The summed E-state index contributed by atoms with van der Waals surface area (Å²) in [4.78, 5) is 4.77. The van der Waals surface area contributed by atoms with E-state index >= 15 is 0 Å². The molecule has 3 aromatic carbocycles. The van der Waals surface area contributed by atoms with E-state index < -0.39 is 0 Å². The third-order valence-corrected chi connectivity index (χ3v) is 4.05. The summed E-state index contributed by atoms with van der Waals surface area (Å²) in [6.45, 7) is 0. The molecule has 122 valence electrons. The Balaban J connectivity index is 1.87. The fraction of sp³-hybridized carbons (Fsp3) is 0.0455. The van der Waals surface area contributed by atoms with Crippen molar-refractivity contribution >= 4 is 0 Å². The van der Waals surface area contributed by atoms with Gasteiger partial charge < -0.3 is 9.15 Å². The van der Waals surface area contributed by atoms with Crippen LogP contribution in [0.1, 0.15) is 0 Å². The second-order valence-electron chi connectivity index (χ2n) is 5.66. The number of aromatic nitrogens is 1. The first kappa shape index (κ1) is 15.2. The first-order valence-electron chi connectivity index (χ1n) is 8.11. The van der Waals surface area contributed by atoms with Crippen LogP contribution < -0.4 is 4.74 Å². The Bertz CT molecular complexity index is 958. The maximum absolute atomic E-state index is 6.16. The zero-order valence-corrected chi connectivity index (χ0v) is 13.8. The lowest BCUT2D eigenvalue weighted by atomic mass is 10.1. The molecule has 0 amide bonds. The van der Waals surface area contributed by atoms with Crippen LogP contribution in [0.25, 0.3) is 34.0 Å². The molecular formula is C22H17NO2. The number of rotatable bonds is 4. The van der Waals surface area contributed by atoms with Gasteiger partial charge in [-0.3, -0.25) is 0 Å². The van der Waals surface area contributed by atoms with Gasteiger partial charge in [-0.25, -0.2) is 4.98 Å². The quantitative estimate of drug-likeness (QED) is 0.483. The Morgan fingerprint density at radius 3 is 1.88 bits per heavy atom. The fourth-order valence-corrected chi connectivity index (χ4v) is 2.75. The average molecular weight is 327 g/mol. The van der Waals surface area contributed by atoms with Crippen molar-refractivity contribution < 1.29 is 9.15 Å². The Morgan fingerprint density at radius 2 is 1.28 bits per heavy atom. The van der Waals surface area contributed by atoms with E-state index in [4.69, 9.17) is 14.1 Å². The van der Waals surface area contributed by atoms with E-state index in [9.17, 15) is 0 Å². The maximum atomic E-state index is 6.16. The Morgan fingerprint density at radius 1 is 0.680 bits per heavy atom. The van der Waals surface area contributed by atoms with Crippen molar-refractivity contribution in [3.63, 3.8) is 0 Å². The molecule has 4 rings (SSSR count). The Labute approximate surface area is 146 Å². The highest BCUT2D eigenvalue weighted by Crippen LogP contribution is 2.36. The SMILES string of the molecule is COc1ccc(-c2oc(-c3ccccc3)nc2-c2ccccc2)cc1. The molecule has 0 atom stereocenters. The summed E-state index contributed by atoms with van der Waals surface area (Å²) in [5, 5.41) is 0. The average Bonchev–Trinajstić information content (AvgIpc) is 3.15. The van der Waals surface area contributed by atoms with Gasteiger partial charge in [0.15, 0.2) is 5.76 Å². The highest BCUT2D eigenvalue weighted by atomic mass is 16.5. The lowest BCUT2D eigenvalue weighted by Gasteiger charge is -2.03. The van der Waals surface area contributed by atoms with Gasteiger partial charge in [0.25, 0.3) is 0 Å². The van der Waals surface area contributed by atoms with Crippen LogP contribution in [0.2, 0.25) is 0 Å². The summed E-state index contributed by atoms with van der Waals surface area (Å²) in [7, 11) is 1.66. The summed E-state index contributed by atoms with van der Waals surface area (Å²) in [5.41, 5.74) is 3.79. The van der Waals surface area contributed by atoms with Crippen LogP contribution in [-0.2, 0) is 0 Å². The molecule has 0 aliphatic heterocycles. The van der Waals surface area contributed by atoms with Crippen LogP contribution in [0.5, 0.6) is 5.75 Å². The minimum absolute atomic E-state index is 0.616. The van der Waals surface area contributed by atoms with Gasteiger partial charge in [0.1, 0.15) is 11.4 Å². The molecule has 0 unspecified atom stereocenters.